The molecule has 0 bridgehead atoms. The van der Waals surface area contributed by atoms with E-state index in [9.17, 15) is 9.90 Å². The highest BCUT2D eigenvalue weighted by molar-refractivity contribution is 5.50. The summed E-state index contributed by atoms with van der Waals surface area (Å²) in [5, 5.41) is 15.1. The predicted octanol–water partition coefficient (Wildman–Crippen LogP) is 4.06. The number of rotatable bonds is 9. The van der Waals surface area contributed by atoms with Crippen LogP contribution < -0.4 is 5.56 Å². The normalized spacial score (nSPS) is 13.7. The average Bonchev–Trinajstić information content (AvgIpc) is 3.00. The second-order valence-electron chi connectivity index (χ2n) is 8.08. The lowest BCUT2D eigenvalue weighted by Crippen LogP contribution is -2.22. The van der Waals surface area contributed by atoms with E-state index in [4.69, 9.17) is 5.10 Å². The molecule has 3 aromatic rings. The van der Waals surface area contributed by atoms with Gasteiger partial charge in [-0.2, -0.15) is 5.10 Å². The number of benzene rings is 1. The number of aliphatic hydroxyl groups is 1. The van der Waals surface area contributed by atoms with E-state index in [-0.39, 0.29) is 11.5 Å². The molecule has 0 aliphatic rings. The molecule has 6 heteroatoms. The molecule has 2 N–H and O–H groups in total. The lowest BCUT2D eigenvalue weighted by molar-refractivity contribution is 0.151. The highest BCUT2D eigenvalue weighted by Crippen LogP contribution is 2.26. The van der Waals surface area contributed by atoms with E-state index in [0.717, 1.165) is 24.8 Å². The number of aromatic nitrogens is 4. The van der Waals surface area contributed by atoms with Gasteiger partial charge in [0.25, 0.3) is 5.56 Å². The fourth-order valence-electron chi connectivity index (χ4n) is 3.83. The standard InChI is InChI=1S/C23H32N4O2/c1-5-6-7-8-9-19(17(4)28)22-24-16(3)21-23(29)25-20(26-27(21)22)14-18-12-10-15(2)11-13-18/h10-13,17,19,28H,5-9,14H2,1-4H3,(H,25,26,29). The van der Waals surface area contributed by atoms with Crippen molar-refractivity contribution in [3.8, 4) is 0 Å². The Balaban J connectivity index is 1.97. The molecule has 156 valence electrons. The molecule has 0 saturated heterocycles. The number of imidazole rings is 1. The van der Waals surface area contributed by atoms with Crippen LogP contribution >= 0.6 is 0 Å². The van der Waals surface area contributed by atoms with Gasteiger partial charge in [-0.05, 0) is 32.8 Å². The van der Waals surface area contributed by atoms with Crippen molar-refractivity contribution in [2.75, 3.05) is 0 Å². The molecule has 1 aromatic carbocycles. The zero-order valence-corrected chi connectivity index (χ0v) is 17.9. The minimum absolute atomic E-state index is 0.144. The second-order valence-corrected chi connectivity index (χ2v) is 8.08. The second kappa shape index (κ2) is 9.35. The monoisotopic (exact) mass is 396 g/mol. The summed E-state index contributed by atoms with van der Waals surface area (Å²) in [6.45, 7) is 7.85. The Kier molecular flexibility index (Phi) is 6.85. The summed E-state index contributed by atoms with van der Waals surface area (Å²) in [7, 11) is 0. The smallest absolute Gasteiger partial charge is 0.277 e. The molecule has 0 aliphatic carbocycles. The highest BCUT2D eigenvalue weighted by atomic mass is 16.3. The Bertz CT molecular complexity index is 1000. The lowest BCUT2D eigenvalue weighted by Gasteiger charge is -2.18. The molecule has 6 nitrogen and oxygen atoms in total. The van der Waals surface area contributed by atoms with E-state index < -0.39 is 6.10 Å². The molecule has 29 heavy (non-hydrogen) atoms. The van der Waals surface area contributed by atoms with Crippen LogP contribution in [-0.2, 0) is 6.42 Å². The summed E-state index contributed by atoms with van der Waals surface area (Å²) in [5.41, 5.74) is 3.21. The Morgan fingerprint density at radius 2 is 1.86 bits per heavy atom. The molecule has 0 fully saturated rings. The van der Waals surface area contributed by atoms with Crippen molar-refractivity contribution in [1.29, 1.82) is 0 Å². The number of fused-ring (bicyclic) bond motifs is 1. The summed E-state index contributed by atoms with van der Waals surface area (Å²) in [6, 6.07) is 8.20. The zero-order valence-electron chi connectivity index (χ0n) is 17.9. The number of H-pyrrole nitrogens is 1. The number of aromatic amines is 1. The molecule has 2 atom stereocenters. The maximum Gasteiger partial charge on any atom is 0.277 e. The quantitative estimate of drug-likeness (QED) is 0.534. The van der Waals surface area contributed by atoms with Crippen molar-refractivity contribution in [3.63, 3.8) is 0 Å². The third-order valence-electron chi connectivity index (χ3n) is 5.52. The number of unbranched alkanes of at least 4 members (excludes halogenated alkanes) is 3. The zero-order chi connectivity index (χ0) is 21.0. The van der Waals surface area contributed by atoms with E-state index in [1.807, 2.05) is 26.0 Å². The summed E-state index contributed by atoms with van der Waals surface area (Å²) in [5.74, 6) is 1.13. The fraction of sp³-hybridized carbons (Fsp3) is 0.522. The minimum atomic E-state index is -0.553. The predicted molar refractivity (Wildman–Crippen MR) is 116 cm³/mol. The fourth-order valence-corrected chi connectivity index (χ4v) is 3.83. The Labute approximate surface area is 172 Å². The van der Waals surface area contributed by atoms with Gasteiger partial charge in [0.15, 0.2) is 5.52 Å². The van der Waals surface area contributed by atoms with Gasteiger partial charge >= 0.3 is 0 Å². The van der Waals surface area contributed by atoms with Gasteiger partial charge < -0.3 is 10.1 Å². The van der Waals surface area contributed by atoms with Gasteiger partial charge in [-0.15, -0.1) is 0 Å². The van der Waals surface area contributed by atoms with Gasteiger partial charge in [-0.3, -0.25) is 4.79 Å². The van der Waals surface area contributed by atoms with Crippen LogP contribution in [0.4, 0.5) is 0 Å². The van der Waals surface area contributed by atoms with Crippen molar-refractivity contribution in [1.82, 2.24) is 19.6 Å². The number of aliphatic hydroxyl groups excluding tert-OH is 1. The van der Waals surface area contributed by atoms with Crippen molar-refractivity contribution in [2.45, 2.75) is 78.2 Å². The summed E-state index contributed by atoms with van der Waals surface area (Å²) < 4.78 is 1.66. The van der Waals surface area contributed by atoms with Crippen LogP contribution in [0.1, 0.15) is 80.3 Å². The van der Waals surface area contributed by atoms with Crippen LogP contribution in [0.15, 0.2) is 29.1 Å². The third-order valence-corrected chi connectivity index (χ3v) is 5.52. The van der Waals surface area contributed by atoms with Gasteiger partial charge in [-0.25, -0.2) is 9.50 Å². The maximum atomic E-state index is 12.8. The van der Waals surface area contributed by atoms with E-state index in [2.05, 4.69) is 29.0 Å². The first-order valence-electron chi connectivity index (χ1n) is 10.6. The molecule has 0 saturated carbocycles. The van der Waals surface area contributed by atoms with Gasteiger partial charge in [0.1, 0.15) is 11.6 Å². The van der Waals surface area contributed by atoms with Crippen LogP contribution in [0.2, 0.25) is 0 Å². The molecule has 2 aromatic heterocycles. The lowest BCUT2D eigenvalue weighted by atomic mass is 9.95. The van der Waals surface area contributed by atoms with Crippen LogP contribution in [0.25, 0.3) is 5.52 Å². The van der Waals surface area contributed by atoms with Crippen LogP contribution in [0.3, 0.4) is 0 Å². The van der Waals surface area contributed by atoms with Crippen molar-refractivity contribution in [2.24, 2.45) is 0 Å². The molecular formula is C23H32N4O2. The topological polar surface area (TPSA) is 83.3 Å². The van der Waals surface area contributed by atoms with E-state index in [0.29, 0.717) is 29.3 Å². The van der Waals surface area contributed by atoms with E-state index in [1.165, 1.54) is 18.4 Å². The van der Waals surface area contributed by atoms with Gasteiger partial charge in [0.2, 0.25) is 0 Å². The number of nitrogens with zero attached hydrogens (tertiary/aromatic N) is 3. The SMILES string of the molecule is CCCCCCC(c1nc(C)c2c(=O)[nH]c(Cc3ccc(C)cc3)nn12)C(C)O. The van der Waals surface area contributed by atoms with Crippen molar-refractivity contribution < 1.29 is 5.11 Å². The molecule has 0 radical (unpaired) electrons. The van der Waals surface area contributed by atoms with E-state index in [1.54, 1.807) is 11.4 Å². The van der Waals surface area contributed by atoms with Crippen LogP contribution in [-0.4, -0.2) is 30.8 Å². The Morgan fingerprint density at radius 1 is 1.14 bits per heavy atom. The maximum absolute atomic E-state index is 12.8. The highest BCUT2D eigenvalue weighted by Gasteiger charge is 2.25. The first-order chi connectivity index (χ1) is 13.9. The summed E-state index contributed by atoms with van der Waals surface area (Å²) in [4.78, 5) is 20.3. The Morgan fingerprint density at radius 3 is 2.52 bits per heavy atom. The minimum Gasteiger partial charge on any atom is -0.393 e. The molecule has 2 unspecified atom stereocenters. The molecule has 0 aliphatic heterocycles. The first kappa shape index (κ1) is 21.2. The molecule has 0 spiro atoms. The number of hydrogen-bond acceptors (Lipinski definition) is 4. The number of nitrogens with one attached hydrogen (secondary N) is 1. The molecule has 0 amide bonds. The van der Waals surface area contributed by atoms with Gasteiger partial charge in [0, 0.05) is 12.3 Å². The van der Waals surface area contributed by atoms with Crippen molar-refractivity contribution >= 4 is 5.52 Å². The molecule has 3 rings (SSSR count). The van der Waals surface area contributed by atoms with E-state index >= 15 is 0 Å². The summed E-state index contributed by atoms with van der Waals surface area (Å²) >= 11 is 0. The van der Waals surface area contributed by atoms with Gasteiger partial charge in [-0.1, -0.05) is 62.4 Å². The average molecular weight is 397 g/mol. The Hall–Kier alpha value is -2.47. The van der Waals surface area contributed by atoms with Gasteiger partial charge in [0.05, 0.1) is 11.8 Å². The largest absolute Gasteiger partial charge is 0.393 e. The number of hydrogen-bond donors (Lipinski definition) is 2. The first-order valence-corrected chi connectivity index (χ1v) is 10.6. The van der Waals surface area contributed by atoms with Crippen LogP contribution in [0, 0.1) is 13.8 Å². The number of aryl methyl sites for hydroxylation is 2. The molecular weight excluding hydrogens is 364 g/mol. The van der Waals surface area contributed by atoms with Crippen molar-refractivity contribution in [3.05, 3.63) is 63.1 Å². The summed E-state index contributed by atoms with van der Waals surface area (Å²) in [6.07, 6.45) is 5.33. The molecule has 2 heterocycles. The van der Waals surface area contributed by atoms with Crippen LogP contribution in [0.5, 0.6) is 0 Å². The third kappa shape index (κ3) is 4.93.